The summed E-state index contributed by atoms with van der Waals surface area (Å²) in [5, 5.41) is 11.7. The molecule has 7 heteroatoms. The summed E-state index contributed by atoms with van der Waals surface area (Å²) >= 11 is 0. The summed E-state index contributed by atoms with van der Waals surface area (Å²) in [6.07, 6.45) is 3.34. The molecule has 2 aliphatic rings. The minimum absolute atomic E-state index is 0.0202. The van der Waals surface area contributed by atoms with Gasteiger partial charge in [-0.15, -0.1) is 0 Å². The van der Waals surface area contributed by atoms with Gasteiger partial charge in [-0.3, -0.25) is 9.89 Å². The summed E-state index contributed by atoms with van der Waals surface area (Å²) in [6.45, 7) is 10.6. The van der Waals surface area contributed by atoms with Crippen LogP contribution in [0.2, 0.25) is 0 Å². The first kappa shape index (κ1) is 20.1. The molecule has 7 nitrogen and oxygen atoms in total. The van der Waals surface area contributed by atoms with E-state index >= 15 is 0 Å². The molecule has 1 aromatic carbocycles. The SMILES string of the molecule is Cc1c(OC2=NC=NC3CN(C(O)OC(C)(C)C)C(C)CC23)ccc2[nH]ccc12. The number of hydrogen-bond donors (Lipinski definition) is 2. The maximum absolute atomic E-state index is 10.6. The number of ether oxygens (including phenoxy) is 2. The molecule has 0 amide bonds. The lowest BCUT2D eigenvalue weighted by Gasteiger charge is -2.44. The van der Waals surface area contributed by atoms with Crippen LogP contribution in [0.3, 0.4) is 0 Å². The minimum Gasteiger partial charge on any atom is -0.442 e. The van der Waals surface area contributed by atoms with Gasteiger partial charge in [0.25, 0.3) is 0 Å². The molecular formula is C22H30N4O3. The van der Waals surface area contributed by atoms with Crippen molar-refractivity contribution in [1.82, 2.24) is 9.88 Å². The number of H-pyrrole nitrogens is 1. The summed E-state index contributed by atoms with van der Waals surface area (Å²) in [7, 11) is 0. The van der Waals surface area contributed by atoms with Crippen molar-refractivity contribution in [1.29, 1.82) is 0 Å². The number of likely N-dealkylation sites (tertiary alicyclic amines) is 1. The number of nitrogens with one attached hydrogen (secondary N) is 1. The van der Waals surface area contributed by atoms with Crippen LogP contribution in [0.5, 0.6) is 5.75 Å². The Kier molecular flexibility index (Phi) is 5.23. The fourth-order valence-corrected chi connectivity index (χ4v) is 4.15. The number of nitrogens with zero attached hydrogens (tertiary/aromatic N) is 3. The van der Waals surface area contributed by atoms with E-state index in [0.717, 1.165) is 28.6 Å². The van der Waals surface area contributed by atoms with Crippen LogP contribution in [-0.2, 0) is 4.74 Å². The van der Waals surface area contributed by atoms with Gasteiger partial charge in [0.05, 0.1) is 17.6 Å². The summed E-state index contributed by atoms with van der Waals surface area (Å²) in [6, 6.07) is 6.16. The van der Waals surface area contributed by atoms with E-state index in [0.29, 0.717) is 12.4 Å². The molecule has 0 spiro atoms. The largest absolute Gasteiger partial charge is 0.442 e. The second-order valence-corrected chi connectivity index (χ2v) is 8.97. The number of aromatic amines is 1. The predicted molar refractivity (Wildman–Crippen MR) is 114 cm³/mol. The summed E-state index contributed by atoms with van der Waals surface area (Å²) in [5.41, 5.74) is 1.76. The Morgan fingerprint density at radius 1 is 1.28 bits per heavy atom. The first-order valence-corrected chi connectivity index (χ1v) is 10.2. The molecule has 0 saturated carbocycles. The molecule has 0 bridgehead atoms. The molecule has 1 fully saturated rings. The van der Waals surface area contributed by atoms with Crippen LogP contribution in [0.15, 0.2) is 34.4 Å². The Morgan fingerprint density at radius 2 is 2.07 bits per heavy atom. The van der Waals surface area contributed by atoms with Gasteiger partial charge in [0.2, 0.25) is 12.3 Å². The van der Waals surface area contributed by atoms with E-state index < -0.39 is 12.0 Å². The van der Waals surface area contributed by atoms with E-state index in [1.165, 1.54) is 0 Å². The quantitative estimate of drug-likeness (QED) is 0.776. The van der Waals surface area contributed by atoms with Crippen molar-refractivity contribution in [2.45, 2.75) is 65.1 Å². The fourth-order valence-electron chi connectivity index (χ4n) is 4.15. The number of aliphatic hydroxyl groups excluding tert-OH is 1. The van der Waals surface area contributed by atoms with Crippen LogP contribution in [-0.4, -0.2) is 57.9 Å². The smallest absolute Gasteiger partial charge is 0.216 e. The summed E-state index contributed by atoms with van der Waals surface area (Å²) < 4.78 is 12.1. The third-order valence-corrected chi connectivity index (χ3v) is 5.70. The fraction of sp³-hybridized carbons (Fsp3) is 0.545. The third-order valence-electron chi connectivity index (χ3n) is 5.70. The molecule has 1 saturated heterocycles. The molecular weight excluding hydrogens is 368 g/mol. The standard InChI is InChI=1S/C22H30N4O3/c1-13-10-16-18(11-26(13)21(27)29-22(3,4)5)24-12-25-20(16)28-19-7-6-17-15(14(19)2)8-9-23-17/h6-9,12-13,16,18,21,23,27H,10-11H2,1-5H3. The number of aromatic nitrogens is 1. The van der Waals surface area contributed by atoms with Crippen LogP contribution in [0.25, 0.3) is 10.9 Å². The molecule has 0 radical (unpaired) electrons. The summed E-state index contributed by atoms with van der Waals surface area (Å²) in [4.78, 5) is 14.2. The number of benzene rings is 1. The Hall–Kier alpha value is -2.22. The molecule has 2 N–H and O–H groups in total. The van der Waals surface area contributed by atoms with E-state index in [9.17, 15) is 5.11 Å². The molecule has 2 aliphatic heterocycles. The van der Waals surface area contributed by atoms with E-state index in [1.54, 1.807) is 6.34 Å². The van der Waals surface area contributed by atoms with Gasteiger partial charge in [-0.25, -0.2) is 4.99 Å². The highest BCUT2D eigenvalue weighted by Gasteiger charge is 2.41. The zero-order chi connectivity index (χ0) is 20.8. The second-order valence-electron chi connectivity index (χ2n) is 8.97. The molecule has 156 valence electrons. The van der Waals surface area contributed by atoms with Crippen LogP contribution >= 0.6 is 0 Å². The molecule has 3 heterocycles. The van der Waals surface area contributed by atoms with E-state index in [4.69, 9.17) is 9.47 Å². The van der Waals surface area contributed by atoms with Gasteiger partial charge in [0.1, 0.15) is 12.1 Å². The number of aliphatic imine (C=N–C) groups is 2. The molecule has 29 heavy (non-hydrogen) atoms. The number of aliphatic hydroxyl groups is 1. The Labute approximate surface area is 171 Å². The zero-order valence-corrected chi connectivity index (χ0v) is 17.7. The van der Waals surface area contributed by atoms with Crippen molar-refractivity contribution in [2.75, 3.05) is 6.54 Å². The topological polar surface area (TPSA) is 82.4 Å². The first-order chi connectivity index (χ1) is 13.7. The van der Waals surface area contributed by atoms with Crippen molar-refractivity contribution in [2.24, 2.45) is 15.9 Å². The number of rotatable bonds is 3. The number of fused-ring (bicyclic) bond motifs is 2. The number of hydrogen-bond acceptors (Lipinski definition) is 6. The lowest BCUT2D eigenvalue weighted by molar-refractivity contribution is -0.253. The monoisotopic (exact) mass is 398 g/mol. The van der Waals surface area contributed by atoms with E-state index in [2.05, 4.69) is 34.9 Å². The van der Waals surface area contributed by atoms with Gasteiger partial charge < -0.3 is 19.6 Å². The van der Waals surface area contributed by atoms with Gasteiger partial charge in [-0.1, -0.05) is 0 Å². The summed E-state index contributed by atoms with van der Waals surface area (Å²) in [5.74, 6) is 1.59. The first-order valence-electron chi connectivity index (χ1n) is 10.2. The van der Waals surface area contributed by atoms with Crippen LogP contribution in [0.1, 0.15) is 39.7 Å². The number of piperidine rings is 1. The molecule has 4 atom stereocenters. The van der Waals surface area contributed by atoms with Gasteiger partial charge >= 0.3 is 0 Å². The molecule has 4 unspecified atom stereocenters. The highest BCUT2D eigenvalue weighted by molar-refractivity contribution is 5.92. The van der Waals surface area contributed by atoms with Crippen LogP contribution in [0, 0.1) is 12.8 Å². The van der Waals surface area contributed by atoms with Crippen molar-refractivity contribution >= 4 is 23.1 Å². The van der Waals surface area contributed by atoms with Crippen molar-refractivity contribution in [3.8, 4) is 5.75 Å². The third kappa shape index (κ3) is 4.08. The zero-order valence-electron chi connectivity index (χ0n) is 17.7. The average Bonchev–Trinajstić information content (AvgIpc) is 3.12. The van der Waals surface area contributed by atoms with Gasteiger partial charge in [0.15, 0.2) is 0 Å². The Bertz CT molecular complexity index is 943. The van der Waals surface area contributed by atoms with Crippen molar-refractivity contribution in [3.63, 3.8) is 0 Å². The minimum atomic E-state index is -0.956. The lowest BCUT2D eigenvalue weighted by Crippen LogP contribution is -2.56. The maximum Gasteiger partial charge on any atom is 0.216 e. The highest BCUT2D eigenvalue weighted by atomic mass is 16.6. The molecule has 2 aromatic rings. The van der Waals surface area contributed by atoms with E-state index in [1.807, 2.05) is 44.0 Å². The van der Waals surface area contributed by atoms with Gasteiger partial charge in [-0.05, 0) is 59.2 Å². The average molecular weight is 399 g/mol. The Morgan fingerprint density at radius 3 is 2.83 bits per heavy atom. The predicted octanol–water partition coefficient (Wildman–Crippen LogP) is 3.47. The maximum atomic E-state index is 10.6. The Balaban J connectivity index is 1.51. The van der Waals surface area contributed by atoms with E-state index in [-0.39, 0.29) is 18.0 Å². The lowest BCUT2D eigenvalue weighted by atomic mass is 9.87. The van der Waals surface area contributed by atoms with Crippen LogP contribution < -0.4 is 4.74 Å². The number of aryl methyl sites for hydroxylation is 1. The highest BCUT2D eigenvalue weighted by Crippen LogP contribution is 2.33. The van der Waals surface area contributed by atoms with Gasteiger partial charge in [0, 0.05) is 35.2 Å². The normalized spacial score (nSPS) is 26.3. The molecule has 0 aliphatic carbocycles. The molecule has 1 aromatic heterocycles. The van der Waals surface area contributed by atoms with Gasteiger partial charge in [-0.2, -0.15) is 0 Å². The van der Waals surface area contributed by atoms with Crippen molar-refractivity contribution in [3.05, 3.63) is 30.0 Å². The van der Waals surface area contributed by atoms with Crippen molar-refractivity contribution < 1.29 is 14.6 Å². The second kappa shape index (κ2) is 7.55. The van der Waals surface area contributed by atoms with Crippen LogP contribution in [0.4, 0.5) is 0 Å². The molecule has 4 rings (SSSR count).